The third kappa shape index (κ3) is 2.21. The second-order valence-corrected chi connectivity index (χ2v) is 10.8. The predicted molar refractivity (Wildman–Crippen MR) is 102 cm³/mol. The lowest BCUT2D eigenvalue weighted by Crippen LogP contribution is -2.60. The van der Waals surface area contributed by atoms with Crippen LogP contribution in [0.15, 0.2) is 0 Å². The van der Waals surface area contributed by atoms with Gasteiger partial charge in [0.1, 0.15) is 0 Å². The molecule has 0 amide bonds. The van der Waals surface area contributed by atoms with Crippen LogP contribution in [0.1, 0.15) is 64.7 Å². The van der Waals surface area contributed by atoms with Gasteiger partial charge in [0.2, 0.25) is 0 Å². The fraction of sp³-hybridized carbons (Fsp3) is 1.00. The third-order valence-corrected chi connectivity index (χ3v) is 10.3. The summed E-state index contributed by atoms with van der Waals surface area (Å²) in [7, 11) is 0. The van der Waals surface area contributed by atoms with Gasteiger partial charge in [0.25, 0.3) is 0 Å². The Morgan fingerprint density at radius 1 is 0.786 bits per heavy atom. The van der Waals surface area contributed by atoms with Crippen molar-refractivity contribution in [1.29, 1.82) is 0 Å². The van der Waals surface area contributed by atoms with Crippen molar-refractivity contribution in [2.24, 2.45) is 34.5 Å². The van der Waals surface area contributed by atoms with Crippen LogP contribution < -0.4 is 0 Å². The number of aliphatic hydroxyl groups is 1. The fourth-order valence-corrected chi connectivity index (χ4v) is 8.95. The van der Waals surface area contributed by atoms with E-state index < -0.39 is 0 Å². The van der Waals surface area contributed by atoms with Crippen molar-refractivity contribution in [1.82, 2.24) is 0 Å². The normalized spacial score (nSPS) is 51.2. The topological polar surface area (TPSA) is 57.2 Å². The molecule has 0 aromatic heterocycles. The minimum absolute atomic E-state index is 0.0674. The van der Waals surface area contributed by atoms with E-state index in [0.717, 1.165) is 52.1 Å². The summed E-state index contributed by atoms with van der Waals surface area (Å²) in [5.74, 6) is 1.86. The first kappa shape index (κ1) is 18.6. The van der Waals surface area contributed by atoms with E-state index >= 15 is 0 Å². The Kier molecular flexibility index (Phi) is 4.09. The average Bonchev–Trinajstić information content (AvgIpc) is 3.43. The van der Waals surface area contributed by atoms with Crippen molar-refractivity contribution >= 4 is 0 Å². The first-order valence-electron chi connectivity index (χ1n) is 11.7. The highest BCUT2D eigenvalue weighted by Gasteiger charge is 2.68. The molecule has 4 unspecified atom stereocenters. The quantitative estimate of drug-likeness (QED) is 0.740. The Hall–Kier alpha value is -0.200. The molecule has 0 radical (unpaired) electrons. The molecule has 1 N–H and O–H groups in total. The van der Waals surface area contributed by atoms with E-state index in [1.54, 1.807) is 0 Å². The summed E-state index contributed by atoms with van der Waals surface area (Å²) >= 11 is 0. The van der Waals surface area contributed by atoms with Crippen molar-refractivity contribution in [3.8, 4) is 0 Å². The molecule has 158 valence electrons. The molecular formula is C23H36O5. The Balaban J connectivity index is 1.30. The lowest BCUT2D eigenvalue weighted by Gasteiger charge is -2.62. The molecule has 4 aliphatic carbocycles. The molecule has 5 nitrogen and oxygen atoms in total. The number of hydrogen-bond donors (Lipinski definition) is 1. The van der Waals surface area contributed by atoms with Crippen LogP contribution in [0.5, 0.6) is 0 Å². The molecule has 0 aromatic rings. The number of ether oxygens (including phenoxy) is 4. The highest BCUT2D eigenvalue weighted by atomic mass is 16.7. The maximum absolute atomic E-state index is 10.7. The molecule has 28 heavy (non-hydrogen) atoms. The molecule has 6 aliphatic rings. The van der Waals surface area contributed by atoms with E-state index in [2.05, 4.69) is 6.92 Å². The van der Waals surface area contributed by atoms with Gasteiger partial charge in [0.05, 0.1) is 26.4 Å². The Morgan fingerprint density at radius 3 is 2.25 bits per heavy atom. The van der Waals surface area contributed by atoms with Gasteiger partial charge in [-0.05, 0) is 67.6 Å². The molecule has 6 atom stereocenters. The van der Waals surface area contributed by atoms with Crippen LogP contribution in [-0.2, 0) is 18.9 Å². The first-order valence-corrected chi connectivity index (χ1v) is 11.7. The number of rotatable bonds is 1. The van der Waals surface area contributed by atoms with Gasteiger partial charge in [-0.25, -0.2) is 0 Å². The largest absolute Gasteiger partial charge is 0.396 e. The highest BCUT2D eigenvalue weighted by molar-refractivity contribution is 5.14. The van der Waals surface area contributed by atoms with E-state index in [9.17, 15) is 5.11 Å². The SMILES string of the molecule is C[C@]12CCC3C(CCC4CC5(CC[C@@]43CO)OCCO5)C1CCC21OCCO1. The lowest BCUT2D eigenvalue weighted by molar-refractivity contribution is -0.263. The van der Waals surface area contributed by atoms with E-state index in [1.165, 1.54) is 32.1 Å². The van der Waals surface area contributed by atoms with Crippen LogP contribution in [-0.4, -0.2) is 49.7 Å². The minimum Gasteiger partial charge on any atom is -0.396 e. The predicted octanol–water partition coefficient (Wildman–Crippen LogP) is 3.49. The highest BCUT2D eigenvalue weighted by Crippen LogP contribution is 2.70. The van der Waals surface area contributed by atoms with E-state index in [4.69, 9.17) is 18.9 Å². The van der Waals surface area contributed by atoms with Crippen LogP contribution in [0.4, 0.5) is 0 Å². The molecular weight excluding hydrogens is 356 g/mol. The van der Waals surface area contributed by atoms with Crippen LogP contribution in [0.2, 0.25) is 0 Å². The Labute approximate surface area is 168 Å². The first-order chi connectivity index (χ1) is 13.6. The minimum atomic E-state index is -0.345. The van der Waals surface area contributed by atoms with Crippen LogP contribution in [0, 0.1) is 34.5 Å². The molecule has 2 aliphatic heterocycles. The van der Waals surface area contributed by atoms with Crippen LogP contribution in [0.25, 0.3) is 0 Å². The zero-order chi connectivity index (χ0) is 19.0. The summed E-state index contributed by atoms with van der Waals surface area (Å²) < 4.78 is 24.7. The smallest absolute Gasteiger partial charge is 0.174 e. The molecule has 0 aromatic carbocycles. The van der Waals surface area contributed by atoms with E-state index in [0.29, 0.717) is 30.3 Å². The molecule has 2 spiro atoms. The van der Waals surface area contributed by atoms with Gasteiger partial charge in [0, 0.05) is 31.3 Å². The molecule has 0 bridgehead atoms. The Morgan fingerprint density at radius 2 is 1.50 bits per heavy atom. The van der Waals surface area contributed by atoms with E-state index in [-0.39, 0.29) is 22.4 Å². The van der Waals surface area contributed by atoms with Crippen molar-refractivity contribution < 1.29 is 24.1 Å². The van der Waals surface area contributed by atoms with Gasteiger partial charge in [-0.1, -0.05) is 6.92 Å². The van der Waals surface area contributed by atoms with Gasteiger partial charge < -0.3 is 24.1 Å². The van der Waals surface area contributed by atoms with Crippen molar-refractivity contribution in [2.75, 3.05) is 33.0 Å². The monoisotopic (exact) mass is 392 g/mol. The van der Waals surface area contributed by atoms with Crippen LogP contribution >= 0.6 is 0 Å². The summed E-state index contributed by atoms with van der Waals surface area (Å²) in [4.78, 5) is 0. The molecule has 6 fully saturated rings. The number of fused-ring (bicyclic) bond motifs is 6. The lowest BCUT2D eigenvalue weighted by atomic mass is 9.44. The van der Waals surface area contributed by atoms with E-state index in [1.807, 2.05) is 0 Å². The van der Waals surface area contributed by atoms with Crippen molar-refractivity contribution in [2.45, 2.75) is 76.3 Å². The van der Waals surface area contributed by atoms with Crippen LogP contribution in [0.3, 0.4) is 0 Å². The molecule has 6 rings (SSSR count). The molecule has 4 saturated carbocycles. The second-order valence-electron chi connectivity index (χ2n) is 10.8. The summed E-state index contributed by atoms with van der Waals surface area (Å²) in [6.45, 7) is 5.74. The zero-order valence-electron chi connectivity index (χ0n) is 17.3. The summed E-state index contributed by atoms with van der Waals surface area (Å²) in [5, 5.41) is 10.7. The molecule has 2 saturated heterocycles. The van der Waals surface area contributed by atoms with Gasteiger partial charge in [-0.15, -0.1) is 0 Å². The third-order valence-electron chi connectivity index (χ3n) is 10.3. The number of hydrogen-bond acceptors (Lipinski definition) is 5. The van der Waals surface area contributed by atoms with Gasteiger partial charge >= 0.3 is 0 Å². The van der Waals surface area contributed by atoms with Gasteiger partial charge in [0.15, 0.2) is 11.6 Å². The van der Waals surface area contributed by atoms with Gasteiger partial charge in [-0.3, -0.25) is 0 Å². The summed E-state index contributed by atoms with van der Waals surface area (Å²) in [5.41, 5.74) is 0.208. The maximum atomic E-state index is 10.7. The standard InChI is InChI=1S/C23H36O5/c1-20-6-4-19-17(18(20)5-7-23(20)27-12-13-28-23)3-2-16-14-22(25-10-11-26-22)9-8-21(16,19)15-24/h16-19,24H,2-15H2,1H3/t16?,17?,18?,19?,20-,21+/m0/s1. The molecule has 2 heterocycles. The Bertz CT molecular complexity index is 624. The number of aliphatic hydroxyl groups excluding tert-OH is 1. The van der Waals surface area contributed by atoms with Gasteiger partial charge in [-0.2, -0.15) is 0 Å². The molecule has 5 heteroatoms. The fourth-order valence-electron chi connectivity index (χ4n) is 8.95. The zero-order valence-corrected chi connectivity index (χ0v) is 17.3. The summed E-state index contributed by atoms with van der Waals surface area (Å²) in [6.07, 6.45) is 10.1. The summed E-state index contributed by atoms with van der Waals surface area (Å²) in [6, 6.07) is 0. The van der Waals surface area contributed by atoms with Crippen molar-refractivity contribution in [3.63, 3.8) is 0 Å². The maximum Gasteiger partial charge on any atom is 0.174 e. The van der Waals surface area contributed by atoms with Crippen molar-refractivity contribution in [3.05, 3.63) is 0 Å². The average molecular weight is 393 g/mol. The second kappa shape index (κ2) is 6.16.